The van der Waals surface area contributed by atoms with Gasteiger partial charge in [0.25, 0.3) is 5.91 Å². The van der Waals surface area contributed by atoms with E-state index >= 15 is 0 Å². The Morgan fingerprint density at radius 2 is 2.17 bits per heavy atom. The number of hydrogen-bond donors (Lipinski definition) is 2. The maximum absolute atomic E-state index is 12.6. The van der Waals surface area contributed by atoms with E-state index in [2.05, 4.69) is 15.3 Å². The summed E-state index contributed by atoms with van der Waals surface area (Å²) in [5.41, 5.74) is 2.35. The van der Waals surface area contributed by atoms with Crippen molar-refractivity contribution in [3.05, 3.63) is 30.1 Å². The Kier molecular flexibility index (Phi) is 4.45. The van der Waals surface area contributed by atoms with Crippen LogP contribution >= 0.6 is 0 Å². The zero-order valence-corrected chi connectivity index (χ0v) is 13.0. The summed E-state index contributed by atoms with van der Waals surface area (Å²) in [7, 11) is 0. The fraction of sp³-hybridized carbons (Fsp3) is 0.438. The summed E-state index contributed by atoms with van der Waals surface area (Å²) in [6.07, 6.45) is 2.70. The Hall–Kier alpha value is -2.57. The van der Waals surface area contributed by atoms with Gasteiger partial charge in [0, 0.05) is 24.7 Å². The van der Waals surface area contributed by atoms with E-state index in [1.54, 1.807) is 19.3 Å². The molecule has 0 bridgehead atoms. The van der Waals surface area contributed by atoms with Crippen LogP contribution in [-0.4, -0.2) is 52.6 Å². The number of hydrogen-bond acceptors (Lipinski definition) is 4. The average Bonchev–Trinajstić information content (AvgIpc) is 3.02. The Morgan fingerprint density at radius 1 is 1.39 bits per heavy atom. The number of piperidine rings is 1. The van der Waals surface area contributed by atoms with E-state index in [4.69, 9.17) is 4.74 Å². The van der Waals surface area contributed by atoms with E-state index in [9.17, 15) is 9.59 Å². The quantitative estimate of drug-likeness (QED) is 0.905. The standard InChI is InChI=1S/C16H20N4O3/c1-2-23-16(22)19-12-5-7-20(8-6-12)15(21)11-3-4-13-14(9-11)18-10-17-13/h3-4,9-10,12H,2,5-8H2,1H3,(H,17,18)(H,19,22). The van der Waals surface area contributed by atoms with Crippen LogP contribution in [0.1, 0.15) is 30.1 Å². The maximum Gasteiger partial charge on any atom is 0.407 e. The van der Waals surface area contributed by atoms with Crippen LogP contribution in [0.4, 0.5) is 4.79 Å². The molecule has 2 heterocycles. The average molecular weight is 316 g/mol. The summed E-state index contributed by atoms with van der Waals surface area (Å²) in [5, 5.41) is 2.83. The lowest BCUT2D eigenvalue weighted by atomic mass is 10.0. The third kappa shape index (κ3) is 3.44. The molecule has 7 heteroatoms. The molecule has 7 nitrogen and oxygen atoms in total. The van der Waals surface area contributed by atoms with E-state index in [0.29, 0.717) is 25.3 Å². The highest BCUT2D eigenvalue weighted by molar-refractivity contribution is 5.97. The molecule has 23 heavy (non-hydrogen) atoms. The lowest BCUT2D eigenvalue weighted by molar-refractivity contribution is 0.0702. The van der Waals surface area contributed by atoms with Gasteiger partial charge < -0.3 is 19.9 Å². The van der Waals surface area contributed by atoms with Crippen molar-refractivity contribution < 1.29 is 14.3 Å². The first-order chi connectivity index (χ1) is 11.2. The second-order valence-corrected chi connectivity index (χ2v) is 5.57. The van der Waals surface area contributed by atoms with Gasteiger partial charge in [0.1, 0.15) is 0 Å². The van der Waals surface area contributed by atoms with Crippen LogP contribution < -0.4 is 5.32 Å². The molecule has 1 aliphatic heterocycles. The van der Waals surface area contributed by atoms with Gasteiger partial charge >= 0.3 is 6.09 Å². The number of nitrogens with zero attached hydrogens (tertiary/aromatic N) is 2. The van der Waals surface area contributed by atoms with Gasteiger partial charge in [-0.15, -0.1) is 0 Å². The minimum absolute atomic E-state index is 0.0103. The van der Waals surface area contributed by atoms with Crippen molar-refractivity contribution >= 4 is 23.0 Å². The molecule has 122 valence electrons. The number of fused-ring (bicyclic) bond motifs is 1. The van der Waals surface area contributed by atoms with Crippen LogP contribution in [0.3, 0.4) is 0 Å². The number of rotatable bonds is 3. The molecule has 0 saturated carbocycles. The molecule has 0 aliphatic carbocycles. The summed E-state index contributed by atoms with van der Waals surface area (Å²) in [6.45, 7) is 3.38. The van der Waals surface area contributed by atoms with Crippen LogP contribution in [0, 0.1) is 0 Å². The van der Waals surface area contributed by atoms with Crippen LogP contribution in [0.15, 0.2) is 24.5 Å². The van der Waals surface area contributed by atoms with E-state index in [-0.39, 0.29) is 18.0 Å². The fourth-order valence-electron chi connectivity index (χ4n) is 2.82. The predicted molar refractivity (Wildman–Crippen MR) is 85.2 cm³/mol. The van der Waals surface area contributed by atoms with Gasteiger partial charge in [-0.25, -0.2) is 9.78 Å². The fourth-order valence-corrected chi connectivity index (χ4v) is 2.82. The van der Waals surface area contributed by atoms with Crippen molar-refractivity contribution in [2.45, 2.75) is 25.8 Å². The van der Waals surface area contributed by atoms with Crippen molar-refractivity contribution in [3.63, 3.8) is 0 Å². The van der Waals surface area contributed by atoms with Crippen molar-refractivity contribution in [2.75, 3.05) is 19.7 Å². The molecule has 3 rings (SSSR count). The minimum atomic E-state index is -0.387. The lowest BCUT2D eigenvalue weighted by Gasteiger charge is -2.32. The van der Waals surface area contributed by atoms with Gasteiger partial charge in [-0.1, -0.05) is 0 Å². The van der Waals surface area contributed by atoms with Gasteiger partial charge in [-0.3, -0.25) is 4.79 Å². The minimum Gasteiger partial charge on any atom is -0.450 e. The summed E-state index contributed by atoms with van der Waals surface area (Å²) < 4.78 is 4.88. The number of ether oxygens (including phenoxy) is 1. The number of H-pyrrole nitrogens is 1. The summed E-state index contributed by atoms with van der Waals surface area (Å²) in [5.74, 6) is 0.0103. The lowest BCUT2D eigenvalue weighted by Crippen LogP contribution is -2.46. The molecular formula is C16H20N4O3. The molecule has 0 radical (unpaired) electrons. The van der Waals surface area contributed by atoms with Crippen molar-refractivity contribution in [2.24, 2.45) is 0 Å². The number of benzene rings is 1. The second-order valence-electron chi connectivity index (χ2n) is 5.57. The SMILES string of the molecule is CCOC(=O)NC1CCN(C(=O)c2ccc3nc[nH]c3c2)CC1. The number of amides is 2. The predicted octanol–water partition coefficient (Wildman–Crippen LogP) is 1.91. The smallest absolute Gasteiger partial charge is 0.407 e. The molecule has 2 aromatic rings. The topological polar surface area (TPSA) is 87.3 Å². The first-order valence-electron chi connectivity index (χ1n) is 7.83. The molecule has 0 spiro atoms. The number of aromatic nitrogens is 2. The molecule has 1 aromatic carbocycles. The normalized spacial score (nSPS) is 15.6. The van der Waals surface area contributed by atoms with E-state index < -0.39 is 0 Å². The third-order valence-electron chi connectivity index (χ3n) is 4.05. The van der Waals surface area contributed by atoms with Crippen LogP contribution in [0.5, 0.6) is 0 Å². The Labute approximate surface area is 134 Å². The van der Waals surface area contributed by atoms with Gasteiger partial charge in [-0.05, 0) is 38.0 Å². The molecule has 0 atom stereocenters. The van der Waals surface area contributed by atoms with E-state index in [1.807, 2.05) is 17.0 Å². The first kappa shape index (κ1) is 15.3. The van der Waals surface area contributed by atoms with Gasteiger partial charge in [0.15, 0.2) is 0 Å². The number of nitrogens with one attached hydrogen (secondary N) is 2. The van der Waals surface area contributed by atoms with E-state index in [1.165, 1.54) is 0 Å². The summed E-state index contributed by atoms with van der Waals surface area (Å²) in [4.78, 5) is 33.0. The van der Waals surface area contributed by atoms with Gasteiger partial charge in [0.05, 0.1) is 24.0 Å². The van der Waals surface area contributed by atoms with Gasteiger partial charge in [-0.2, -0.15) is 0 Å². The van der Waals surface area contributed by atoms with Crippen LogP contribution in [0.2, 0.25) is 0 Å². The van der Waals surface area contributed by atoms with Crippen LogP contribution in [0.25, 0.3) is 11.0 Å². The monoisotopic (exact) mass is 316 g/mol. The number of imidazole rings is 1. The molecule has 1 fully saturated rings. The highest BCUT2D eigenvalue weighted by Gasteiger charge is 2.25. The highest BCUT2D eigenvalue weighted by Crippen LogP contribution is 2.17. The number of aromatic amines is 1. The van der Waals surface area contributed by atoms with Crippen molar-refractivity contribution in [3.8, 4) is 0 Å². The first-order valence-corrected chi connectivity index (χ1v) is 7.83. The molecule has 1 saturated heterocycles. The van der Waals surface area contributed by atoms with Crippen molar-refractivity contribution in [1.29, 1.82) is 0 Å². The summed E-state index contributed by atoms with van der Waals surface area (Å²) in [6, 6.07) is 5.53. The molecule has 1 aliphatic rings. The zero-order valence-electron chi connectivity index (χ0n) is 13.0. The number of likely N-dealkylation sites (tertiary alicyclic amines) is 1. The number of carbonyl (C=O) groups excluding carboxylic acids is 2. The highest BCUT2D eigenvalue weighted by atomic mass is 16.5. The van der Waals surface area contributed by atoms with Crippen LogP contribution in [-0.2, 0) is 4.74 Å². The largest absolute Gasteiger partial charge is 0.450 e. The molecule has 2 amide bonds. The number of alkyl carbamates (subject to hydrolysis) is 1. The summed E-state index contributed by atoms with van der Waals surface area (Å²) >= 11 is 0. The van der Waals surface area contributed by atoms with E-state index in [0.717, 1.165) is 23.9 Å². The van der Waals surface area contributed by atoms with Gasteiger partial charge in [0.2, 0.25) is 0 Å². The Morgan fingerprint density at radius 3 is 2.91 bits per heavy atom. The van der Waals surface area contributed by atoms with Crippen molar-refractivity contribution in [1.82, 2.24) is 20.2 Å². The zero-order chi connectivity index (χ0) is 16.2. The number of carbonyl (C=O) groups is 2. The second kappa shape index (κ2) is 6.68. The third-order valence-corrected chi connectivity index (χ3v) is 4.05. The Balaban J connectivity index is 1.58. The molecule has 0 unspecified atom stereocenters. The molecule has 1 aromatic heterocycles. The maximum atomic E-state index is 12.6. The molecular weight excluding hydrogens is 296 g/mol. The molecule has 2 N–H and O–H groups in total. The Bertz CT molecular complexity index is 704.